The molecule has 2 rings (SSSR count). The van der Waals surface area contributed by atoms with Gasteiger partial charge in [-0.1, -0.05) is 32.9 Å². The lowest BCUT2D eigenvalue weighted by molar-refractivity contribution is 0.357. The summed E-state index contributed by atoms with van der Waals surface area (Å²) in [7, 11) is 1.84. The van der Waals surface area contributed by atoms with E-state index in [1.807, 2.05) is 7.05 Å². The van der Waals surface area contributed by atoms with Crippen LogP contribution >= 0.6 is 24.0 Å². The summed E-state index contributed by atoms with van der Waals surface area (Å²) in [6, 6.07) is 2.08. The van der Waals surface area contributed by atoms with Crippen LogP contribution in [0.5, 0.6) is 0 Å². The zero-order valence-electron chi connectivity index (χ0n) is 15.1. The van der Waals surface area contributed by atoms with Gasteiger partial charge in [0.25, 0.3) is 0 Å². The summed E-state index contributed by atoms with van der Waals surface area (Å²) >= 11 is 0. The lowest BCUT2D eigenvalue weighted by Gasteiger charge is -2.23. The predicted molar refractivity (Wildman–Crippen MR) is 105 cm³/mol. The van der Waals surface area contributed by atoms with Crippen LogP contribution in [0.1, 0.15) is 64.3 Å². The average Bonchev–Trinajstić information content (AvgIpc) is 3.08. The van der Waals surface area contributed by atoms with Gasteiger partial charge in [0.2, 0.25) is 0 Å². The Hall–Kier alpha value is -0.790. The number of aromatic nitrogens is 1. The topological polar surface area (TPSA) is 53.7 Å². The van der Waals surface area contributed by atoms with Crippen LogP contribution in [0.3, 0.4) is 0 Å². The standard InChI is InChI=1S/C17H30N4O.HI/c1-6-13(7-2)15-10-14(22-20-15)11-19-16(18-5)21-9-8-17(3,4)12-21;/h10,13H,6-9,11-12H2,1-5H3,(H,18,19);1H. The van der Waals surface area contributed by atoms with Gasteiger partial charge < -0.3 is 14.7 Å². The first kappa shape index (κ1) is 20.3. The number of guanidine groups is 1. The van der Waals surface area contributed by atoms with Gasteiger partial charge in [0.15, 0.2) is 11.7 Å². The fraction of sp³-hybridized carbons (Fsp3) is 0.765. The Morgan fingerprint density at radius 1 is 1.43 bits per heavy atom. The van der Waals surface area contributed by atoms with Crippen molar-refractivity contribution in [3.05, 3.63) is 17.5 Å². The van der Waals surface area contributed by atoms with Crippen LogP contribution in [0, 0.1) is 5.41 Å². The lowest BCUT2D eigenvalue weighted by atomic mass is 9.93. The van der Waals surface area contributed by atoms with Gasteiger partial charge in [-0.3, -0.25) is 4.99 Å². The maximum absolute atomic E-state index is 5.46. The van der Waals surface area contributed by atoms with Crippen LogP contribution in [0.25, 0.3) is 0 Å². The lowest BCUT2D eigenvalue weighted by Crippen LogP contribution is -2.40. The van der Waals surface area contributed by atoms with Gasteiger partial charge in [-0.2, -0.15) is 0 Å². The molecule has 132 valence electrons. The van der Waals surface area contributed by atoms with Crippen molar-refractivity contribution >= 4 is 29.9 Å². The fourth-order valence-corrected chi connectivity index (χ4v) is 3.10. The SMILES string of the molecule is CCC(CC)c1cc(CNC(=NC)N2CCC(C)(C)C2)on1.I. The highest BCUT2D eigenvalue weighted by atomic mass is 127. The second kappa shape index (κ2) is 8.89. The minimum atomic E-state index is 0. The number of likely N-dealkylation sites (tertiary alicyclic amines) is 1. The number of hydrogen-bond acceptors (Lipinski definition) is 3. The molecule has 5 nitrogen and oxygen atoms in total. The molecule has 1 aromatic rings. The highest BCUT2D eigenvalue weighted by Gasteiger charge is 2.30. The maximum Gasteiger partial charge on any atom is 0.194 e. The summed E-state index contributed by atoms with van der Waals surface area (Å²) in [4.78, 5) is 6.71. The molecule has 0 bridgehead atoms. The molecule has 0 radical (unpaired) electrons. The van der Waals surface area contributed by atoms with E-state index in [2.05, 4.69) is 54.1 Å². The predicted octanol–water partition coefficient (Wildman–Crippen LogP) is 4.00. The van der Waals surface area contributed by atoms with Crippen molar-refractivity contribution in [2.45, 2.75) is 59.4 Å². The van der Waals surface area contributed by atoms with Gasteiger partial charge in [-0.05, 0) is 24.7 Å². The zero-order valence-corrected chi connectivity index (χ0v) is 17.4. The molecule has 0 atom stereocenters. The normalized spacial score (nSPS) is 17.5. The Labute approximate surface area is 157 Å². The number of hydrogen-bond donors (Lipinski definition) is 1. The Bertz CT molecular complexity index is 508. The number of aliphatic imine (C=N–C) groups is 1. The van der Waals surface area contributed by atoms with E-state index >= 15 is 0 Å². The van der Waals surface area contributed by atoms with Crippen LogP contribution in [-0.2, 0) is 6.54 Å². The molecular weight excluding hydrogens is 403 g/mol. The van der Waals surface area contributed by atoms with Gasteiger partial charge in [0.05, 0.1) is 12.2 Å². The third-order valence-corrected chi connectivity index (χ3v) is 4.59. The Morgan fingerprint density at radius 3 is 2.65 bits per heavy atom. The quantitative estimate of drug-likeness (QED) is 0.433. The second-order valence-electron chi connectivity index (χ2n) is 6.97. The van der Waals surface area contributed by atoms with Gasteiger partial charge in [-0.25, -0.2) is 0 Å². The fourth-order valence-electron chi connectivity index (χ4n) is 3.10. The van der Waals surface area contributed by atoms with E-state index in [0.29, 0.717) is 17.9 Å². The van der Waals surface area contributed by atoms with Gasteiger partial charge >= 0.3 is 0 Å². The van der Waals surface area contributed by atoms with Crippen molar-refractivity contribution in [2.24, 2.45) is 10.4 Å². The first-order chi connectivity index (χ1) is 10.5. The molecule has 0 saturated carbocycles. The van der Waals surface area contributed by atoms with Crippen molar-refractivity contribution in [2.75, 3.05) is 20.1 Å². The van der Waals surface area contributed by atoms with Crippen molar-refractivity contribution in [3.8, 4) is 0 Å². The summed E-state index contributed by atoms with van der Waals surface area (Å²) in [6.45, 7) is 11.7. The molecule has 6 heteroatoms. The van der Waals surface area contributed by atoms with Crippen LogP contribution in [0.4, 0.5) is 0 Å². The van der Waals surface area contributed by atoms with E-state index < -0.39 is 0 Å². The first-order valence-corrected chi connectivity index (χ1v) is 8.40. The number of halogens is 1. The van der Waals surface area contributed by atoms with E-state index in [0.717, 1.165) is 43.3 Å². The molecule has 1 aromatic heterocycles. The molecule has 0 aromatic carbocycles. The van der Waals surface area contributed by atoms with Crippen LogP contribution in [0.2, 0.25) is 0 Å². The summed E-state index contributed by atoms with van der Waals surface area (Å²) in [5.74, 6) is 2.32. The molecule has 0 unspecified atom stereocenters. The Kier molecular flexibility index (Phi) is 7.83. The van der Waals surface area contributed by atoms with E-state index in [4.69, 9.17) is 4.52 Å². The highest BCUT2D eigenvalue weighted by Crippen LogP contribution is 2.28. The molecular formula is C17H31IN4O. The summed E-state index contributed by atoms with van der Waals surface area (Å²) in [5.41, 5.74) is 1.44. The maximum atomic E-state index is 5.46. The van der Waals surface area contributed by atoms with Crippen LogP contribution < -0.4 is 5.32 Å². The minimum absolute atomic E-state index is 0. The smallest absolute Gasteiger partial charge is 0.194 e. The van der Waals surface area contributed by atoms with E-state index in [1.165, 1.54) is 6.42 Å². The number of nitrogens with one attached hydrogen (secondary N) is 1. The van der Waals surface area contributed by atoms with E-state index in [1.54, 1.807) is 0 Å². The molecule has 1 aliphatic rings. The third-order valence-electron chi connectivity index (χ3n) is 4.59. The minimum Gasteiger partial charge on any atom is -0.359 e. The van der Waals surface area contributed by atoms with Gasteiger partial charge in [-0.15, -0.1) is 24.0 Å². The van der Waals surface area contributed by atoms with Crippen molar-refractivity contribution in [1.29, 1.82) is 0 Å². The number of rotatable bonds is 5. The second-order valence-corrected chi connectivity index (χ2v) is 6.97. The van der Waals surface area contributed by atoms with E-state index in [9.17, 15) is 0 Å². The third kappa shape index (κ3) is 5.36. The zero-order chi connectivity index (χ0) is 16.2. The molecule has 2 heterocycles. The highest BCUT2D eigenvalue weighted by molar-refractivity contribution is 14.0. The van der Waals surface area contributed by atoms with E-state index in [-0.39, 0.29) is 24.0 Å². The van der Waals surface area contributed by atoms with Crippen LogP contribution in [0.15, 0.2) is 15.6 Å². The van der Waals surface area contributed by atoms with Gasteiger partial charge in [0.1, 0.15) is 0 Å². The molecule has 0 aliphatic carbocycles. The van der Waals surface area contributed by atoms with Gasteiger partial charge in [0, 0.05) is 32.1 Å². The molecule has 0 spiro atoms. The first-order valence-electron chi connectivity index (χ1n) is 8.40. The van der Waals surface area contributed by atoms with Crippen molar-refractivity contribution in [3.63, 3.8) is 0 Å². The molecule has 0 amide bonds. The Morgan fingerprint density at radius 2 is 2.13 bits per heavy atom. The summed E-state index contributed by atoms with van der Waals surface area (Å²) < 4.78 is 5.46. The van der Waals surface area contributed by atoms with Crippen molar-refractivity contribution < 1.29 is 4.52 Å². The van der Waals surface area contributed by atoms with Crippen LogP contribution in [-0.4, -0.2) is 36.2 Å². The molecule has 1 N–H and O–H groups in total. The molecule has 1 saturated heterocycles. The molecule has 1 aliphatic heterocycles. The molecule has 1 fully saturated rings. The Balaban J connectivity index is 0.00000264. The molecule has 23 heavy (non-hydrogen) atoms. The average molecular weight is 434 g/mol. The number of nitrogens with zero attached hydrogens (tertiary/aromatic N) is 3. The monoisotopic (exact) mass is 434 g/mol. The largest absolute Gasteiger partial charge is 0.359 e. The summed E-state index contributed by atoms with van der Waals surface area (Å²) in [5, 5.41) is 7.61. The van der Waals surface area contributed by atoms with Crippen molar-refractivity contribution in [1.82, 2.24) is 15.4 Å². The summed E-state index contributed by atoms with van der Waals surface area (Å²) in [6.07, 6.45) is 3.40.